The van der Waals surface area contributed by atoms with Gasteiger partial charge in [-0.1, -0.05) is 72.8 Å². The number of hydrogen-bond acceptors (Lipinski definition) is 5. The molecule has 1 amide bonds. The van der Waals surface area contributed by atoms with E-state index in [9.17, 15) is 13.2 Å². The Kier molecular flexibility index (Phi) is 6.25. The van der Waals surface area contributed by atoms with Crippen molar-refractivity contribution in [3.63, 3.8) is 0 Å². The second-order valence-electron chi connectivity index (χ2n) is 6.91. The van der Waals surface area contributed by atoms with Gasteiger partial charge in [-0.15, -0.1) is 11.3 Å². The van der Waals surface area contributed by atoms with Crippen LogP contribution in [0.5, 0.6) is 0 Å². The van der Waals surface area contributed by atoms with E-state index in [1.165, 1.54) is 23.5 Å². The Balaban J connectivity index is 1.37. The summed E-state index contributed by atoms with van der Waals surface area (Å²) < 4.78 is 24.6. The highest BCUT2D eigenvalue weighted by molar-refractivity contribution is 7.91. The molecule has 0 aliphatic rings. The summed E-state index contributed by atoms with van der Waals surface area (Å²) >= 11 is 1.31. The predicted molar refractivity (Wildman–Crippen MR) is 125 cm³/mol. The predicted octanol–water partition coefficient (Wildman–Crippen LogP) is 5.28. The van der Waals surface area contributed by atoms with Gasteiger partial charge < -0.3 is 5.32 Å². The highest BCUT2D eigenvalue weighted by Crippen LogP contribution is 2.27. The van der Waals surface area contributed by atoms with Crippen molar-refractivity contribution in [3.05, 3.63) is 90.3 Å². The van der Waals surface area contributed by atoms with Crippen LogP contribution in [-0.4, -0.2) is 25.1 Å². The first kappa shape index (κ1) is 21.0. The second-order valence-corrected chi connectivity index (χ2v) is 9.88. The Labute approximate surface area is 185 Å². The molecule has 0 atom stereocenters. The van der Waals surface area contributed by atoms with Gasteiger partial charge in [0.25, 0.3) is 0 Å². The molecule has 1 aromatic heterocycles. The highest BCUT2D eigenvalue weighted by atomic mass is 32.2. The van der Waals surface area contributed by atoms with Gasteiger partial charge in [-0.25, -0.2) is 13.4 Å². The zero-order valence-electron chi connectivity index (χ0n) is 16.6. The summed E-state index contributed by atoms with van der Waals surface area (Å²) in [6, 6.07) is 26.3. The molecule has 4 aromatic rings. The van der Waals surface area contributed by atoms with Crippen molar-refractivity contribution in [2.75, 3.05) is 11.1 Å². The molecule has 0 radical (unpaired) electrons. The van der Waals surface area contributed by atoms with Crippen molar-refractivity contribution >= 4 is 32.2 Å². The van der Waals surface area contributed by atoms with Gasteiger partial charge in [0, 0.05) is 17.4 Å². The maximum Gasteiger partial charge on any atom is 0.227 e. The standard InChI is InChI=1S/C24H20N2O3S2/c27-23(15-16-31(28,29)21-9-5-2-6-10-21)26-24-25-22(17-30-24)20-13-11-19(12-14-20)18-7-3-1-4-8-18/h1-14,17H,15-16H2,(H,25,26,27). The van der Waals surface area contributed by atoms with Crippen molar-refractivity contribution in [1.82, 2.24) is 4.98 Å². The molecule has 0 bridgehead atoms. The van der Waals surface area contributed by atoms with E-state index in [0.717, 1.165) is 22.4 Å². The molecule has 0 saturated heterocycles. The lowest BCUT2D eigenvalue weighted by Gasteiger charge is -2.04. The molecular weight excluding hydrogens is 428 g/mol. The smallest absolute Gasteiger partial charge is 0.227 e. The molecule has 1 heterocycles. The van der Waals surface area contributed by atoms with Crippen molar-refractivity contribution in [2.45, 2.75) is 11.3 Å². The average molecular weight is 449 g/mol. The normalized spacial score (nSPS) is 11.2. The number of benzene rings is 3. The van der Waals surface area contributed by atoms with Crippen molar-refractivity contribution in [1.29, 1.82) is 0 Å². The Morgan fingerprint density at radius 2 is 1.39 bits per heavy atom. The first-order valence-electron chi connectivity index (χ1n) is 9.70. The van der Waals surface area contributed by atoms with Crippen LogP contribution in [0.4, 0.5) is 5.13 Å². The summed E-state index contributed by atoms with van der Waals surface area (Å²) in [4.78, 5) is 16.9. The second kappa shape index (κ2) is 9.24. The van der Waals surface area contributed by atoms with Crippen LogP contribution < -0.4 is 5.32 Å². The van der Waals surface area contributed by atoms with Crippen LogP contribution in [0.2, 0.25) is 0 Å². The quantitative estimate of drug-likeness (QED) is 0.417. The van der Waals surface area contributed by atoms with Crippen molar-refractivity contribution in [2.24, 2.45) is 0 Å². The third-order valence-electron chi connectivity index (χ3n) is 4.74. The zero-order chi connectivity index (χ0) is 21.7. The van der Waals surface area contributed by atoms with Crippen LogP contribution >= 0.6 is 11.3 Å². The van der Waals surface area contributed by atoms with Gasteiger partial charge in [0.1, 0.15) is 0 Å². The van der Waals surface area contributed by atoms with Gasteiger partial charge in [0.05, 0.1) is 16.3 Å². The monoisotopic (exact) mass is 448 g/mol. The first-order valence-corrected chi connectivity index (χ1v) is 12.2. The minimum atomic E-state index is -3.49. The maximum absolute atomic E-state index is 12.3. The number of hydrogen-bond donors (Lipinski definition) is 1. The molecule has 5 nitrogen and oxygen atoms in total. The number of nitrogens with zero attached hydrogens (tertiary/aromatic N) is 1. The summed E-state index contributed by atoms with van der Waals surface area (Å²) in [6.07, 6.45) is -0.127. The summed E-state index contributed by atoms with van der Waals surface area (Å²) in [7, 11) is -3.49. The van der Waals surface area contributed by atoms with E-state index >= 15 is 0 Å². The maximum atomic E-state index is 12.3. The molecule has 0 aliphatic heterocycles. The fourth-order valence-electron chi connectivity index (χ4n) is 3.08. The average Bonchev–Trinajstić information content (AvgIpc) is 3.27. The van der Waals surface area contributed by atoms with E-state index in [1.807, 2.05) is 47.8 Å². The third kappa shape index (κ3) is 5.25. The summed E-state index contributed by atoms with van der Waals surface area (Å²) in [5, 5.41) is 5.01. The Morgan fingerprint density at radius 1 is 0.806 bits per heavy atom. The lowest BCUT2D eigenvalue weighted by atomic mass is 10.0. The van der Waals surface area contributed by atoms with Crippen molar-refractivity contribution < 1.29 is 13.2 Å². The topological polar surface area (TPSA) is 76.1 Å². The minimum absolute atomic E-state index is 0.127. The van der Waals surface area contributed by atoms with E-state index < -0.39 is 9.84 Å². The van der Waals surface area contributed by atoms with Crippen LogP contribution in [0.3, 0.4) is 0 Å². The molecule has 3 aromatic carbocycles. The lowest BCUT2D eigenvalue weighted by molar-refractivity contribution is -0.115. The number of sulfone groups is 1. The SMILES string of the molecule is O=C(CCS(=O)(=O)c1ccccc1)Nc1nc(-c2ccc(-c3ccccc3)cc2)cs1. The largest absolute Gasteiger partial charge is 0.302 e. The van der Waals surface area contributed by atoms with Gasteiger partial charge in [-0.3, -0.25) is 4.79 Å². The van der Waals surface area contributed by atoms with Crippen LogP contribution in [-0.2, 0) is 14.6 Å². The summed E-state index contributed by atoms with van der Waals surface area (Å²) in [6.45, 7) is 0. The fourth-order valence-corrected chi connectivity index (χ4v) is 5.08. The highest BCUT2D eigenvalue weighted by Gasteiger charge is 2.17. The molecule has 0 aliphatic carbocycles. The summed E-state index contributed by atoms with van der Waals surface area (Å²) in [5.74, 6) is -0.623. The number of carbonyl (C=O) groups is 1. The summed E-state index contributed by atoms with van der Waals surface area (Å²) in [5.41, 5.74) is 3.97. The molecule has 0 spiro atoms. The van der Waals surface area contributed by atoms with Crippen LogP contribution in [0, 0.1) is 0 Å². The Morgan fingerprint density at radius 3 is 2.06 bits per heavy atom. The Hall–Kier alpha value is -3.29. The molecule has 1 N–H and O–H groups in total. The number of amides is 1. The molecule has 0 unspecified atom stereocenters. The van der Waals surface area contributed by atoms with Crippen LogP contribution in [0.1, 0.15) is 6.42 Å². The van der Waals surface area contributed by atoms with E-state index in [4.69, 9.17) is 0 Å². The van der Waals surface area contributed by atoms with Crippen LogP contribution in [0.25, 0.3) is 22.4 Å². The molecule has 0 fully saturated rings. The van der Waals surface area contributed by atoms with Gasteiger partial charge >= 0.3 is 0 Å². The van der Waals surface area contributed by atoms with E-state index in [1.54, 1.807) is 18.2 Å². The number of carbonyl (C=O) groups excluding carboxylic acids is 1. The lowest BCUT2D eigenvalue weighted by Crippen LogP contribution is -2.17. The van der Waals surface area contributed by atoms with E-state index in [2.05, 4.69) is 22.4 Å². The number of rotatable bonds is 7. The van der Waals surface area contributed by atoms with Gasteiger partial charge in [0.15, 0.2) is 15.0 Å². The molecular formula is C24H20N2O3S2. The third-order valence-corrected chi connectivity index (χ3v) is 7.23. The molecule has 7 heteroatoms. The zero-order valence-corrected chi connectivity index (χ0v) is 18.2. The first-order chi connectivity index (χ1) is 15.0. The molecule has 31 heavy (non-hydrogen) atoms. The fraction of sp³-hybridized carbons (Fsp3) is 0.0833. The van der Waals surface area contributed by atoms with E-state index in [-0.39, 0.29) is 23.0 Å². The minimum Gasteiger partial charge on any atom is -0.302 e. The van der Waals surface area contributed by atoms with E-state index in [0.29, 0.717) is 5.13 Å². The molecule has 156 valence electrons. The number of nitrogens with one attached hydrogen (secondary N) is 1. The molecule has 4 rings (SSSR count). The van der Waals surface area contributed by atoms with Gasteiger partial charge in [-0.05, 0) is 23.3 Å². The van der Waals surface area contributed by atoms with Gasteiger partial charge in [-0.2, -0.15) is 0 Å². The van der Waals surface area contributed by atoms with Crippen molar-refractivity contribution in [3.8, 4) is 22.4 Å². The Bertz CT molecular complexity index is 1270. The number of aromatic nitrogens is 1. The number of anilines is 1. The number of thiazole rings is 1. The molecule has 0 saturated carbocycles. The van der Waals surface area contributed by atoms with Gasteiger partial charge in [0.2, 0.25) is 5.91 Å². The van der Waals surface area contributed by atoms with Crippen LogP contribution in [0.15, 0.2) is 95.2 Å².